The van der Waals surface area contributed by atoms with Crippen LogP contribution in [0.25, 0.3) is 0 Å². The van der Waals surface area contributed by atoms with E-state index in [-0.39, 0.29) is 21.7 Å². The van der Waals surface area contributed by atoms with Crippen LogP contribution in [0, 0.1) is 0 Å². The number of hydrogen-bond acceptors (Lipinski definition) is 7. The topological polar surface area (TPSA) is 108 Å². The molecule has 1 N–H and O–H groups in total. The molecule has 29 heavy (non-hydrogen) atoms. The average Bonchev–Trinajstić information content (AvgIpc) is 2.72. The molecule has 0 aliphatic rings. The number of sulfonamides is 1. The Morgan fingerprint density at radius 1 is 0.931 bits per heavy atom. The monoisotopic (exact) mass is 421 g/mol. The number of rotatable bonds is 9. The summed E-state index contributed by atoms with van der Waals surface area (Å²) in [5.74, 6) is -0.868. The molecule has 0 fully saturated rings. The Balaban J connectivity index is 2.28. The highest BCUT2D eigenvalue weighted by Crippen LogP contribution is 2.22. The molecule has 0 aliphatic heterocycles. The lowest BCUT2D eigenvalue weighted by atomic mass is 10.1. The maximum Gasteiger partial charge on any atom is 0.337 e. The Labute approximate surface area is 169 Å². The van der Waals surface area contributed by atoms with Gasteiger partial charge in [-0.25, -0.2) is 18.0 Å². The fourth-order valence-corrected chi connectivity index (χ4v) is 3.46. The fourth-order valence-electron chi connectivity index (χ4n) is 2.42. The molecule has 0 unspecified atom stereocenters. The number of esters is 2. The second kappa shape index (κ2) is 9.92. The highest BCUT2D eigenvalue weighted by molar-refractivity contribution is 7.92. The van der Waals surface area contributed by atoms with Crippen molar-refractivity contribution in [2.45, 2.75) is 24.7 Å². The molecule has 0 spiro atoms. The summed E-state index contributed by atoms with van der Waals surface area (Å²) < 4.78 is 42.6. The van der Waals surface area contributed by atoms with E-state index in [1.807, 2.05) is 6.92 Å². The van der Waals surface area contributed by atoms with E-state index in [2.05, 4.69) is 14.2 Å². The van der Waals surface area contributed by atoms with Gasteiger partial charge in [0.15, 0.2) is 0 Å². The van der Waals surface area contributed by atoms with Crippen LogP contribution in [-0.2, 0) is 19.5 Å². The Morgan fingerprint density at radius 2 is 1.48 bits per heavy atom. The first-order chi connectivity index (χ1) is 13.8. The van der Waals surface area contributed by atoms with E-state index in [9.17, 15) is 18.0 Å². The quantitative estimate of drug-likeness (QED) is 0.489. The molecule has 2 rings (SSSR count). The van der Waals surface area contributed by atoms with Crippen molar-refractivity contribution in [3.05, 3.63) is 53.6 Å². The standard InChI is InChI=1S/C20H23NO7S/c1-4-5-10-28-17-6-8-18(9-7-17)29(24,25)21-16-12-14(19(22)26-2)11-15(13-16)20(23)27-3/h6-9,11-13,21H,4-5,10H2,1-3H3. The summed E-state index contributed by atoms with van der Waals surface area (Å²) >= 11 is 0. The second-order valence-electron chi connectivity index (χ2n) is 6.06. The van der Waals surface area contributed by atoms with Gasteiger partial charge in [-0.05, 0) is 48.9 Å². The van der Waals surface area contributed by atoms with E-state index in [1.165, 1.54) is 44.6 Å². The molecule has 0 amide bonds. The number of ether oxygens (including phenoxy) is 3. The first kappa shape index (κ1) is 22.2. The largest absolute Gasteiger partial charge is 0.494 e. The van der Waals surface area contributed by atoms with Crippen molar-refractivity contribution < 1.29 is 32.2 Å². The van der Waals surface area contributed by atoms with Crippen LogP contribution in [-0.4, -0.2) is 41.2 Å². The van der Waals surface area contributed by atoms with Crippen LogP contribution in [0.5, 0.6) is 5.75 Å². The Morgan fingerprint density at radius 3 is 1.97 bits per heavy atom. The van der Waals surface area contributed by atoms with Crippen molar-refractivity contribution in [1.29, 1.82) is 0 Å². The fraction of sp³-hybridized carbons (Fsp3) is 0.300. The molecule has 0 bridgehead atoms. The van der Waals surface area contributed by atoms with E-state index in [1.54, 1.807) is 12.1 Å². The number of carbonyl (C=O) groups excluding carboxylic acids is 2. The van der Waals surface area contributed by atoms with Crippen molar-refractivity contribution >= 4 is 27.6 Å². The van der Waals surface area contributed by atoms with Crippen molar-refractivity contribution in [2.24, 2.45) is 0 Å². The van der Waals surface area contributed by atoms with Gasteiger partial charge in [0, 0.05) is 0 Å². The van der Waals surface area contributed by atoms with Crippen molar-refractivity contribution in [3.63, 3.8) is 0 Å². The van der Waals surface area contributed by atoms with Crippen LogP contribution in [0.2, 0.25) is 0 Å². The summed E-state index contributed by atoms with van der Waals surface area (Å²) in [5, 5.41) is 0. The lowest BCUT2D eigenvalue weighted by Gasteiger charge is -2.12. The first-order valence-electron chi connectivity index (χ1n) is 8.88. The predicted octanol–water partition coefficient (Wildman–Crippen LogP) is 3.24. The smallest absolute Gasteiger partial charge is 0.337 e. The zero-order valence-corrected chi connectivity index (χ0v) is 17.2. The number of unbranched alkanes of at least 4 members (excludes halogenated alkanes) is 1. The molecule has 0 heterocycles. The summed E-state index contributed by atoms with van der Waals surface area (Å²) in [7, 11) is -1.60. The van der Waals surface area contributed by atoms with Gasteiger partial charge in [-0.2, -0.15) is 0 Å². The normalized spacial score (nSPS) is 10.9. The number of carbonyl (C=O) groups is 2. The molecule has 0 radical (unpaired) electrons. The minimum atomic E-state index is -3.96. The third-order valence-electron chi connectivity index (χ3n) is 3.93. The van der Waals surface area contributed by atoms with Gasteiger partial charge in [-0.1, -0.05) is 13.3 Å². The highest BCUT2D eigenvalue weighted by Gasteiger charge is 2.18. The third-order valence-corrected chi connectivity index (χ3v) is 5.33. The van der Waals surface area contributed by atoms with Gasteiger partial charge in [0.25, 0.3) is 10.0 Å². The molecule has 0 saturated carbocycles. The summed E-state index contributed by atoms with van der Waals surface area (Å²) in [5.41, 5.74) is 0.0390. The van der Waals surface area contributed by atoms with Crippen LogP contribution >= 0.6 is 0 Å². The predicted molar refractivity (Wildman–Crippen MR) is 107 cm³/mol. The number of anilines is 1. The van der Waals surface area contributed by atoms with Gasteiger partial charge in [-0.15, -0.1) is 0 Å². The Hall–Kier alpha value is -3.07. The molecule has 0 aromatic heterocycles. The molecule has 8 nitrogen and oxygen atoms in total. The van der Waals surface area contributed by atoms with E-state index in [0.29, 0.717) is 12.4 Å². The van der Waals surface area contributed by atoms with Gasteiger partial charge < -0.3 is 14.2 Å². The van der Waals surface area contributed by atoms with E-state index < -0.39 is 22.0 Å². The average molecular weight is 421 g/mol. The van der Waals surface area contributed by atoms with Crippen LogP contribution in [0.1, 0.15) is 40.5 Å². The summed E-state index contributed by atoms with van der Waals surface area (Å²) in [4.78, 5) is 23.7. The maximum atomic E-state index is 12.7. The SMILES string of the molecule is CCCCOc1ccc(S(=O)(=O)Nc2cc(C(=O)OC)cc(C(=O)OC)c2)cc1. The van der Waals surface area contributed by atoms with Crippen LogP contribution in [0.4, 0.5) is 5.69 Å². The third kappa shape index (κ3) is 5.95. The van der Waals surface area contributed by atoms with Gasteiger partial charge in [0.2, 0.25) is 0 Å². The molecule has 9 heteroatoms. The molecule has 2 aromatic rings. The van der Waals surface area contributed by atoms with Crippen molar-refractivity contribution in [1.82, 2.24) is 0 Å². The number of benzene rings is 2. The molecular weight excluding hydrogens is 398 g/mol. The summed E-state index contributed by atoms with van der Waals surface area (Å²) in [6, 6.07) is 9.77. The molecule has 0 atom stereocenters. The number of nitrogens with one attached hydrogen (secondary N) is 1. The lowest BCUT2D eigenvalue weighted by molar-refractivity contribution is 0.0599. The van der Waals surface area contributed by atoms with Gasteiger partial charge in [-0.3, -0.25) is 4.72 Å². The maximum absolute atomic E-state index is 12.7. The number of hydrogen-bond donors (Lipinski definition) is 1. The Kier molecular flexibility index (Phi) is 7.60. The second-order valence-corrected chi connectivity index (χ2v) is 7.74. The van der Waals surface area contributed by atoms with Crippen LogP contribution < -0.4 is 9.46 Å². The minimum absolute atomic E-state index is 0.00318. The molecule has 2 aromatic carbocycles. The van der Waals surface area contributed by atoms with E-state index >= 15 is 0 Å². The Bertz CT molecular complexity index is 935. The van der Waals surface area contributed by atoms with Gasteiger partial charge in [0.1, 0.15) is 5.75 Å². The van der Waals surface area contributed by atoms with E-state index in [0.717, 1.165) is 12.8 Å². The zero-order valence-electron chi connectivity index (χ0n) is 16.4. The zero-order chi connectivity index (χ0) is 21.4. The molecule has 156 valence electrons. The van der Waals surface area contributed by atoms with Crippen molar-refractivity contribution in [2.75, 3.05) is 25.5 Å². The number of methoxy groups -OCH3 is 2. The highest BCUT2D eigenvalue weighted by atomic mass is 32.2. The van der Waals surface area contributed by atoms with Crippen LogP contribution in [0.3, 0.4) is 0 Å². The van der Waals surface area contributed by atoms with Crippen LogP contribution in [0.15, 0.2) is 47.4 Å². The first-order valence-corrected chi connectivity index (χ1v) is 10.4. The van der Waals surface area contributed by atoms with Gasteiger partial charge >= 0.3 is 11.9 Å². The van der Waals surface area contributed by atoms with Gasteiger partial charge in [0.05, 0.1) is 42.5 Å². The summed E-state index contributed by atoms with van der Waals surface area (Å²) in [6.45, 7) is 2.60. The lowest BCUT2D eigenvalue weighted by Crippen LogP contribution is -2.15. The minimum Gasteiger partial charge on any atom is -0.494 e. The molecule has 0 saturated heterocycles. The van der Waals surface area contributed by atoms with Crippen molar-refractivity contribution in [3.8, 4) is 5.75 Å². The summed E-state index contributed by atoms with van der Waals surface area (Å²) in [6.07, 6.45) is 1.90. The molecular formula is C20H23NO7S. The van der Waals surface area contributed by atoms with E-state index in [4.69, 9.17) is 4.74 Å². The molecule has 0 aliphatic carbocycles.